The first kappa shape index (κ1) is 14.2. The predicted molar refractivity (Wildman–Crippen MR) is 87.9 cm³/mol. The first-order valence-electron chi connectivity index (χ1n) is 7.09. The number of rotatable bonds is 3. The van der Waals surface area contributed by atoms with E-state index >= 15 is 0 Å². The van der Waals surface area contributed by atoms with Gasteiger partial charge in [0.15, 0.2) is 0 Å². The van der Waals surface area contributed by atoms with Crippen molar-refractivity contribution < 1.29 is 0 Å². The first-order chi connectivity index (χ1) is 8.58. The van der Waals surface area contributed by atoms with Crippen LogP contribution in [0.25, 0.3) is 0 Å². The van der Waals surface area contributed by atoms with Crippen LogP contribution in [0.15, 0.2) is 24.3 Å². The Kier molecular flexibility index (Phi) is 4.93. The summed E-state index contributed by atoms with van der Waals surface area (Å²) in [6.45, 7) is 7.12. The highest BCUT2D eigenvalue weighted by molar-refractivity contribution is 14.1. The largest absolute Gasteiger partial charge is 0.381 e. The zero-order valence-electron chi connectivity index (χ0n) is 11.6. The van der Waals surface area contributed by atoms with E-state index < -0.39 is 0 Å². The molecule has 1 aliphatic rings. The normalized spacial score (nSPS) is 28.4. The lowest BCUT2D eigenvalue weighted by molar-refractivity contribution is 0.212. The van der Waals surface area contributed by atoms with Crippen molar-refractivity contribution in [1.29, 1.82) is 0 Å². The highest BCUT2D eigenvalue weighted by Gasteiger charge is 2.30. The molecule has 1 nitrogen and oxygen atoms in total. The van der Waals surface area contributed by atoms with E-state index in [0.29, 0.717) is 6.04 Å². The van der Waals surface area contributed by atoms with E-state index in [-0.39, 0.29) is 0 Å². The Morgan fingerprint density at radius 3 is 2.61 bits per heavy atom. The van der Waals surface area contributed by atoms with Crippen LogP contribution in [0.1, 0.15) is 40.0 Å². The standard InChI is InChI=1S/C16H24IN/c1-11(2)13-9-8-12(3)10-16(13)18-15-7-5-4-6-14(15)17/h4-7,11-13,16,18H,8-10H2,1-3H3. The summed E-state index contributed by atoms with van der Waals surface area (Å²) in [5.41, 5.74) is 1.31. The van der Waals surface area contributed by atoms with Crippen molar-refractivity contribution in [2.24, 2.45) is 17.8 Å². The Labute approximate surface area is 125 Å². The van der Waals surface area contributed by atoms with Crippen molar-refractivity contribution in [2.45, 2.75) is 46.1 Å². The van der Waals surface area contributed by atoms with Gasteiger partial charge in [-0.2, -0.15) is 0 Å². The fourth-order valence-electron chi connectivity index (χ4n) is 3.15. The highest BCUT2D eigenvalue weighted by Crippen LogP contribution is 2.35. The third-order valence-corrected chi connectivity index (χ3v) is 5.18. The lowest BCUT2D eigenvalue weighted by Gasteiger charge is -2.38. The van der Waals surface area contributed by atoms with Crippen LogP contribution in [0.5, 0.6) is 0 Å². The van der Waals surface area contributed by atoms with E-state index in [9.17, 15) is 0 Å². The lowest BCUT2D eigenvalue weighted by Crippen LogP contribution is -2.38. The Morgan fingerprint density at radius 2 is 1.94 bits per heavy atom. The fourth-order valence-corrected chi connectivity index (χ4v) is 3.69. The lowest BCUT2D eigenvalue weighted by atomic mass is 9.74. The molecule has 0 bridgehead atoms. The number of benzene rings is 1. The van der Waals surface area contributed by atoms with Gasteiger partial charge in [0.25, 0.3) is 0 Å². The maximum Gasteiger partial charge on any atom is 0.0478 e. The van der Waals surface area contributed by atoms with Gasteiger partial charge in [-0.25, -0.2) is 0 Å². The Morgan fingerprint density at radius 1 is 1.22 bits per heavy atom. The van der Waals surface area contributed by atoms with Crippen LogP contribution >= 0.6 is 22.6 Å². The summed E-state index contributed by atoms with van der Waals surface area (Å²) in [7, 11) is 0. The Bertz CT molecular complexity index is 388. The summed E-state index contributed by atoms with van der Waals surface area (Å²) in [5, 5.41) is 3.80. The summed E-state index contributed by atoms with van der Waals surface area (Å²) >= 11 is 2.42. The minimum atomic E-state index is 0.643. The van der Waals surface area contributed by atoms with Gasteiger partial charge in [0.1, 0.15) is 0 Å². The number of hydrogen-bond acceptors (Lipinski definition) is 1. The van der Waals surface area contributed by atoms with E-state index in [1.807, 2.05) is 0 Å². The summed E-state index contributed by atoms with van der Waals surface area (Å²) in [6, 6.07) is 9.26. The Balaban J connectivity index is 2.11. The third kappa shape index (κ3) is 3.40. The quantitative estimate of drug-likeness (QED) is 0.737. The molecular formula is C16H24IN. The van der Waals surface area contributed by atoms with Gasteiger partial charge >= 0.3 is 0 Å². The number of hydrogen-bond donors (Lipinski definition) is 1. The molecule has 0 spiro atoms. The van der Waals surface area contributed by atoms with Gasteiger partial charge in [0, 0.05) is 15.3 Å². The molecule has 1 saturated carbocycles. The molecule has 1 aromatic carbocycles. The molecule has 0 saturated heterocycles. The summed E-state index contributed by atoms with van der Waals surface area (Å²) in [4.78, 5) is 0. The molecule has 3 atom stereocenters. The van der Waals surface area contributed by atoms with Crippen LogP contribution in [0.2, 0.25) is 0 Å². The molecule has 3 unspecified atom stereocenters. The molecule has 1 fully saturated rings. The molecule has 18 heavy (non-hydrogen) atoms. The Hall–Kier alpha value is -0.250. The van der Waals surface area contributed by atoms with Gasteiger partial charge in [-0.1, -0.05) is 39.3 Å². The number of para-hydroxylation sites is 1. The molecule has 0 radical (unpaired) electrons. The first-order valence-corrected chi connectivity index (χ1v) is 8.17. The van der Waals surface area contributed by atoms with Gasteiger partial charge in [-0.3, -0.25) is 0 Å². The fraction of sp³-hybridized carbons (Fsp3) is 0.625. The SMILES string of the molecule is CC1CCC(C(C)C)C(Nc2ccccc2I)C1. The number of anilines is 1. The van der Waals surface area contributed by atoms with Gasteiger partial charge in [0.05, 0.1) is 0 Å². The number of nitrogens with one attached hydrogen (secondary N) is 1. The van der Waals surface area contributed by atoms with Crippen molar-refractivity contribution in [2.75, 3.05) is 5.32 Å². The van der Waals surface area contributed by atoms with Crippen molar-refractivity contribution in [1.82, 2.24) is 0 Å². The van der Waals surface area contributed by atoms with E-state index in [4.69, 9.17) is 0 Å². The molecule has 2 rings (SSSR count). The summed E-state index contributed by atoms with van der Waals surface area (Å²) in [6.07, 6.45) is 4.08. The van der Waals surface area contributed by atoms with Crippen LogP contribution < -0.4 is 5.32 Å². The molecular weight excluding hydrogens is 333 g/mol. The second kappa shape index (κ2) is 6.27. The van der Waals surface area contributed by atoms with Crippen molar-refractivity contribution in [3.05, 3.63) is 27.8 Å². The van der Waals surface area contributed by atoms with Crippen LogP contribution in [0, 0.1) is 21.3 Å². The highest BCUT2D eigenvalue weighted by atomic mass is 127. The number of halogens is 1. The van der Waals surface area contributed by atoms with Crippen molar-refractivity contribution in [3.63, 3.8) is 0 Å². The second-order valence-electron chi connectivity index (χ2n) is 6.06. The minimum absolute atomic E-state index is 0.643. The third-order valence-electron chi connectivity index (χ3n) is 4.24. The topological polar surface area (TPSA) is 12.0 Å². The van der Waals surface area contributed by atoms with Gasteiger partial charge in [-0.15, -0.1) is 0 Å². The average Bonchev–Trinajstić information content (AvgIpc) is 2.32. The van der Waals surface area contributed by atoms with Crippen LogP contribution in [0.3, 0.4) is 0 Å². The zero-order chi connectivity index (χ0) is 13.1. The molecule has 1 aromatic rings. The van der Waals surface area contributed by atoms with Crippen LogP contribution in [-0.2, 0) is 0 Å². The minimum Gasteiger partial charge on any atom is -0.381 e. The van der Waals surface area contributed by atoms with Crippen molar-refractivity contribution >= 4 is 28.3 Å². The van der Waals surface area contributed by atoms with E-state index in [2.05, 4.69) is 72.9 Å². The van der Waals surface area contributed by atoms with Gasteiger partial charge in [0.2, 0.25) is 0 Å². The molecule has 0 heterocycles. The molecule has 0 amide bonds. The van der Waals surface area contributed by atoms with Crippen LogP contribution in [-0.4, -0.2) is 6.04 Å². The molecule has 0 aliphatic heterocycles. The smallest absolute Gasteiger partial charge is 0.0478 e. The van der Waals surface area contributed by atoms with E-state index in [1.165, 1.54) is 28.5 Å². The maximum absolute atomic E-state index is 3.80. The molecule has 0 aromatic heterocycles. The molecule has 2 heteroatoms. The second-order valence-corrected chi connectivity index (χ2v) is 7.22. The molecule has 100 valence electrons. The van der Waals surface area contributed by atoms with Gasteiger partial charge < -0.3 is 5.32 Å². The predicted octanol–water partition coefficient (Wildman–Crippen LogP) is 5.16. The molecule has 1 aliphatic carbocycles. The van der Waals surface area contributed by atoms with Crippen molar-refractivity contribution in [3.8, 4) is 0 Å². The van der Waals surface area contributed by atoms with E-state index in [0.717, 1.165) is 17.8 Å². The summed E-state index contributed by atoms with van der Waals surface area (Å²) in [5.74, 6) is 2.45. The average molecular weight is 357 g/mol. The monoisotopic (exact) mass is 357 g/mol. The zero-order valence-corrected chi connectivity index (χ0v) is 13.8. The van der Waals surface area contributed by atoms with Crippen LogP contribution in [0.4, 0.5) is 5.69 Å². The van der Waals surface area contributed by atoms with Gasteiger partial charge in [-0.05, 0) is 65.3 Å². The van der Waals surface area contributed by atoms with E-state index in [1.54, 1.807) is 0 Å². The molecule has 1 N–H and O–H groups in total. The summed E-state index contributed by atoms with van der Waals surface area (Å²) < 4.78 is 1.33. The maximum atomic E-state index is 3.80.